The lowest BCUT2D eigenvalue weighted by Gasteiger charge is -2.26. The largest absolute Gasteiger partial charge is 0.454 e. The van der Waals surface area contributed by atoms with Gasteiger partial charge in [0.2, 0.25) is 5.91 Å². The number of nitrogens with zero attached hydrogens (tertiary/aromatic N) is 2. The van der Waals surface area contributed by atoms with Gasteiger partial charge in [0.25, 0.3) is 0 Å². The second kappa shape index (κ2) is 6.42. The van der Waals surface area contributed by atoms with Gasteiger partial charge in [-0.05, 0) is 25.5 Å². The number of benzene rings is 1. The van der Waals surface area contributed by atoms with E-state index in [1.54, 1.807) is 6.92 Å². The third-order valence-corrected chi connectivity index (χ3v) is 4.16. The van der Waals surface area contributed by atoms with Crippen molar-refractivity contribution >= 4 is 22.6 Å². The van der Waals surface area contributed by atoms with E-state index in [1.807, 2.05) is 30.0 Å². The molecule has 2 N–H and O–H groups in total. The van der Waals surface area contributed by atoms with Crippen molar-refractivity contribution in [3.05, 3.63) is 35.1 Å². The molecule has 6 heteroatoms. The maximum atomic E-state index is 12.6. The number of rotatable bonds is 3. The Kier molecular flexibility index (Phi) is 4.34. The van der Waals surface area contributed by atoms with Gasteiger partial charge in [-0.1, -0.05) is 12.1 Å². The molecule has 0 saturated carbocycles. The van der Waals surface area contributed by atoms with E-state index in [0.29, 0.717) is 37.8 Å². The molecule has 6 nitrogen and oxygen atoms in total. The molecule has 2 heterocycles. The molecule has 0 atom stereocenters. The highest BCUT2D eigenvalue weighted by molar-refractivity contribution is 6.03. The quantitative estimate of drug-likeness (QED) is 0.532. The van der Waals surface area contributed by atoms with Gasteiger partial charge in [-0.3, -0.25) is 4.79 Å². The summed E-state index contributed by atoms with van der Waals surface area (Å²) in [5.74, 6) is 6.08. The lowest BCUT2D eigenvalue weighted by molar-refractivity contribution is -0.134. The van der Waals surface area contributed by atoms with Crippen molar-refractivity contribution in [2.75, 3.05) is 26.3 Å². The van der Waals surface area contributed by atoms with Crippen LogP contribution in [-0.4, -0.2) is 42.8 Å². The number of hydrogen-bond acceptors (Lipinski definition) is 5. The zero-order chi connectivity index (χ0) is 16.4. The van der Waals surface area contributed by atoms with Gasteiger partial charge in [-0.15, -0.1) is 0 Å². The number of hydrogen-bond donors (Lipinski definition) is 1. The topological polar surface area (TPSA) is 81.1 Å². The maximum absolute atomic E-state index is 12.6. The molecular weight excluding hydrogens is 294 g/mol. The molecule has 1 aliphatic rings. The van der Waals surface area contributed by atoms with Crippen molar-refractivity contribution in [2.24, 2.45) is 10.9 Å². The van der Waals surface area contributed by atoms with Gasteiger partial charge in [-0.2, -0.15) is 5.10 Å². The average Bonchev–Trinajstić information content (AvgIpc) is 2.92. The maximum Gasteiger partial charge on any atom is 0.227 e. The molecule has 122 valence electrons. The summed E-state index contributed by atoms with van der Waals surface area (Å²) in [5.41, 5.74) is 3.30. The molecule has 2 aromatic rings. The third-order valence-electron chi connectivity index (χ3n) is 4.16. The highest BCUT2D eigenvalue weighted by Crippen LogP contribution is 2.28. The van der Waals surface area contributed by atoms with Crippen LogP contribution in [0.4, 0.5) is 0 Å². The third kappa shape index (κ3) is 3.07. The van der Waals surface area contributed by atoms with Gasteiger partial charge in [0.1, 0.15) is 5.58 Å². The molecule has 1 fully saturated rings. The Balaban J connectivity index is 1.98. The summed E-state index contributed by atoms with van der Waals surface area (Å²) in [7, 11) is 0. The first-order chi connectivity index (χ1) is 11.1. The van der Waals surface area contributed by atoms with Gasteiger partial charge >= 0.3 is 0 Å². The summed E-state index contributed by atoms with van der Waals surface area (Å²) >= 11 is 0. The molecule has 0 radical (unpaired) electrons. The van der Waals surface area contributed by atoms with Gasteiger partial charge in [0, 0.05) is 24.0 Å². The highest BCUT2D eigenvalue weighted by Gasteiger charge is 2.23. The van der Waals surface area contributed by atoms with Crippen LogP contribution < -0.4 is 5.84 Å². The average molecular weight is 315 g/mol. The Morgan fingerprint density at radius 2 is 2.09 bits per heavy atom. The molecule has 23 heavy (non-hydrogen) atoms. The number of amides is 1. The Morgan fingerprint density at radius 3 is 2.78 bits per heavy atom. The predicted molar refractivity (Wildman–Crippen MR) is 88.5 cm³/mol. The highest BCUT2D eigenvalue weighted by atomic mass is 16.5. The fourth-order valence-electron chi connectivity index (χ4n) is 2.86. The van der Waals surface area contributed by atoms with Crippen molar-refractivity contribution in [2.45, 2.75) is 20.3 Å². The van der Waals surface area contributed by atoms with Crippen LogP contribution in [0.2, 0.25) is 0 Å². The van der Waals surface area contributed by atoms with Crippen LogP contribution in [0.15, 0.2) is 27.7 Å². The number of ether oxygens (including phenoxy) is 1. The molecule has 1 amide bonds. The molecule has 0 spiro atoms. The van der Waals surface area contributed by atoms with E-state index >= 15 is 0 Å². The second-order valence-corrected chi connectivity index (χ2v) is 5.79. The standard InChI is InChI=1S/C17H21N3O3/c1-11-3-4-13-14(10-16(21)20-5-7-22-8-6-20)17(12(2)19-18)23-15(13)9-11/h3-4,9H,5-8,10,18H2,1-2H3/b19-12+. The molecule has 1 aromatic carbocycles. The number of morpholine rings is 1. The smallest absolute Gasteiger partial charge is 0.227 e. The number of carbonyl (C=O) groups is 1. The summed E-state index contributed by atoms with van der Waals surface area (Å²) in [4.78, 5) is 14.4. The van der Waals surface area contributed by atoms with Crippen molar-refractivity contribution < 1.29 is 13.9 Å². The van der Waals surface area contributed by atoms with E-state index < -0.39 is 0 Å². The SMILES string of the molecule is C/C(=N\N)c1oc2cc(C)ccc2c1CC(=O)N1CCOCC1. The Labute approximate surface area is 134 Å². The van der Waals surface area contributed by atoms with Gasteiger partial charge in [-0.25, -0.2) is 0 Å². The Bertz CT molecular complexity index is 758. The van der Waals surface area contributed by atoms with Crippen molar-refractivity contribution in [1.29, 1.82) is 0 Å². The van der Waals surface area contributed by atoms with Crippen LogP contribution in [0.3, 0.4) is 0 Å². The Morgan fingerprint density at radius 1 is 1.35 bits per heavy atom. The van der Waals surface area contributed by atoms with E-state index in [1.165, 1.54) is 0 Å². The first-order valence-electron chi connectivity index (χ1n) is 7.72. The van der Waals surface area contributed by atoms with E-state index in [2.05, 4.69) is 5.10 Å². The molecule has 1 saturated heterocycles. The van der Waals surface area contributed by atoms with Gasteiger partial charge in [0.05, 0.1) is 25.3 Å². The fraction of sp³-hybridized carbons (Fsp3) is 0.412. The van der Waals surface area contributed by atoms with Crippen LogP contribution >= 0.6 is 0 Å². The minimum atomic E-state index is 0.0719. The Hall–Kier alpha value is -2.34. The molecule has 0 aliphatic carbocycles. The molecular formula is C17H21N3O3. The summed E-state index contributed by atoms with van der Waals surface area (Å²) in [6.07, 6.45) is 0.276. The molecule has 0 unspecified atom stereocenters. The monoisotopic (exact) mass is 315 g/mol. The van der Waals surface area contributed by atoms with E-state index in [4.69, 9.17) is 15.0 Å². The first-order valence-corrected chi connectivity index (χ1v) is 7.72. The zero-order valence-electron chi connectivity index (χ0n) is 13.5. The van der Waals surface area contributed by atoms with Crippen LogP contribution in [0.1, 0.15) is 23.8 Å². The number of fused-ring (bicyclic) bond motifs is 1. The second-order valence-electron chi connectivity index (χ2n) is 5.79. The predicted octanol–water partition coefficient (Wildman–Crippen LogP) is 1.83. The first kappa shape index (κ1) is 15.6. The summed E-state index contributed by atoms with van der Waals surface area (Å²) in [5, 5.41) is 4.67. The summed E-state index contributed by atoms with van der Waals surface area (Å²) in [6.45, 7) is 6.23. The normalized spacial score (nSPS) is 16.1. The van der Waals surface area contributed by atoms with E-state index in [0.717, 1.165) is 22.1 Å². The van der Waals surface area contributed by atoms with Gasteiger partial charge in [0.15, 0.2) is 5.76 Å². The van der Waals surface area contributed by atoms with Crippen LogP contribution in [0.5, 0.6) is 0 Å². The fourth-order valence-corrected chi connectivity index (χ4v) is 2.86. The molecule has 1 aliphatic heterocycles. The van der Waals surface area contributed by atoms with Crippen LogP contribution in [-0.2, 0) is 16.0 Å². The molecule has 3 rings (SSSR count). The van der Waals surface area contributed by atoms with Crippen molar-refractivity contribution in [3.63, 3.8) is 0 Å². The van der Waals surface area contributed by atoms with E-state index in [-0.39, 0.29) is 12.3 Å². The lowest BCUT2D eigenvalue weighted by Crippen LogP contribution is -2.41. The lowest BCUT2D eigenvalue weighted by atomic mass is 10.0. The minimum absolute atomic E-state index is 0.0719. The number of carbonyl (C=O) groups excluding carboxylic acids is 1. The van der Waals surface area contributed by atoms with Crippen molar-refractivity contribution in [3.8, 4) is 0 Å². The summed E-state index contributed by atoms with van der Waals surface area (Å²) < 4.78 is 11.2. The molecule has 1 aromatic heterocycles. The van der Waals surface area contributed by atoms with Crippen LogP contribution in [0.25, 0.3) is 11.0 Å². The number of nitrogens with two attached hydrogens (primary N) is 1. The number of aryl methyl sites for hydroxylation is 1. The number of furan rings is 1. The zero-order valence-corrected chi connectivity index (χ0v) is 13.5. The van der Waals surface area contributed by atoms with Crippen LogP contribution in [0, 0.1) is 6.92 Å². The van der Waals surface area contributed by atoms with Gasteiger partial charge < -0.3 is 19.9 Å². The number of hydrazone groups is 1. The molecule has 0 bridgehead atoms. The van der Waals surface area contributed by atoms with E-state index in [9.17, 15) is 4.79 Å². The van der Waals surface area contributed by atoms with Crippen molar-refractivity contribution in [1.82, 2.24) is 4.90 Å². The summed E-state index contributed by atoms with van der Waals surface area (Å²) in [6, 6.07) is 5.97. The minimum Gasteiger partial charge on any atom is -0.454 e.